The van der Waals surface area contributed by atoms with Crippen molar-refractivity contribution in [3.05, 3.63) is 59.6 Å². The summed E-state index contributed by atoms with van der Waals surface area (Å²) in [6, 6.07) is 16.2. The zero-order valence-electron chi connectivity index (χ0n) is 15.3. The van der Waals surface area contributed by atoms with E-state index in [2.05, 4.69) is 15.5 Å². The van der Waals surface area contributed by atoms with Crippen LogP contribution in [0.4, 0.5) is 11.4 Å². The second-order valence-corrected chi connectivity index (χ2v) is 7.30. The first-order valence-electron chi connectivity index (χ1n) is 9.19. The molecule has 2 aromatic rings. The standard InChI is InChI=1S/C21H24ClN3O2/c1-15(20(26)24-19-11-5-8-17(22)13-19)25-12-6-7-16(14-25)21(27)23-18-9-3-2-4-10-18/h2-5,8-11,13,15-16H,6-7,12,14H2,1H3,(H,23,27)(H,24,26)/t15-,16-/m0/s1. The van der Waals surface area contributed by atoms with Crippen LogP contribution in [-0.4, -0.2) is 35.8 Å². The van der Waals surface area contributed by atoms with Crippen molar-refractivity contribution >= 4 is 34.8 Å². The maximum atomic E-state index is 12.6. The van der Waals surface area contributed by atoms with Gasteiger partial charge in [-0.25, -0.2) is 0 Å². The molecule has 2 aromatic carbocycles. The number of likely N-dealkylation sites (tertiary alicyclic amines) is 1. The fourth-order valence-corrected chi connectivity index (χ4v) is 3.51. The van der Waals surface area contributed by atoms with Gasteiger partial charge in [-0.15, -0.1) is 0 Å². The van der Waals surface area contributed by atoms with Gasteiger partial charge in [-0.05, 0) is 56.6 Å². The van der Waals surface area contributed by atoms with Gasteiger partial charge in [0.25, 0.3) is 0 Å². The Hall–Kier alpha value is -2.37. The molecule has 0 aromatic heterocycles. The molecule has 2 amide bonds. The Balaban J connectivity index is 1.57. The normalized spacial score (nSPS) is 18.5. The Morgan fingerprint density at radius 2 is 1.81 bits per heavy atom. The molecular formula is C21H24ClN3O2. The Morgan fingerprint density at radius 3 is 2.56 bits per heavy atom. The van der Waals surface area contributed by atoms with Crippen LogP contribution in [0.5, 0.6) is 0 Å². The highest BCUT2D eigenvalue weighted by Gasteiger charge is 2.31. The van der Waals surface area contributed by atoms with Crippen LogP contribution in [0.2, 0.25) is 5.02 Å². The summed E-state index contributed by atoms with van der Waals surface area (Å²) in [4.78, 5) is 27.2. The lowest BCUT2D eigenvalue weighted by molar-refractivity contribution is -0.125. The van der Waals surface area contributed by atoms with Crippen molar-refractivity contribution in [1.82, 2.24) is 4.90 Å². The second-order valence-electron chi connectivity index (χ2n) is 6.86. The average Bonchev–Trinajstić information content (AvgIpc) is 2.68. The molecule has 0 bridgehead atoms. The molecule has 142 valence electrons. The summed E-state index contributed by atoms with van der Waals surface area (Å²) < 4.78 is 0. The van der Waals surface area contributed by atoms with E-state index in [4.69, 9.17) is 11.6 Å². The molecule has 1 saturated heterocycles. The van der Waals surface area contributed by atoms with Crippen molar-refractivity contribution in [3.8, 4) is 0 Å². The Bertz CT molecular complexity index is 797. The van der Waals surface area contributed by atoms with Gasteiger partial charge in [0, 0.05) is 22.9 Å². The Labute approximate surface area is 164 Å². The minimum Gasteiger partial charge on any atom is -0.326 e. The number of para-hydroxylation sites is 1. The maximum absolute atomic E-state index is 12.6. The first-order valence-corrected chi connectivity index (χ1v) is 9.57. The van der Waals surface area contributed by atoms with Gasteiger partial charge in [0.05, 0.1) is 12.0 Å². The second kappa shape index (κ2) is 9.02. The van der Waals surface area contributed by atoms with Crippen molar-refractivity contribution in [2.24, 2.45) is 5.92 Å². The highest BCUT2D eigenvalue weighted by atomic mass is 35.5. The van der Waals surface area contributed by atoms with Gasteiger partial charge in [0.2, 0.25) is 11.8 Å². The molecule has 0 saturated carbocycles. The van der Waals surface area contributed by atoms with Gasteiger partial charge in [-0.2, -0.15) is 0 Å². The average molecular weight is 386 g/mol. The molecule has 5 nitrogen and oxygen atoms in total. The summed E-state index contributed by atoms with van der Waals surface area (Å²) in [5.41, 5.74) is 1.47. The zero-order chi connectivity index (χ0) is 19.2. The molecule has 0 unspecified atom stereocenters. The molecule has 6 heteroatoms. The van der Waals surface area contributed by atoms with Crippen molar-refractivity contribution in [2.45, 2.75) is 25.8 Å². The summed E-state index contributed by atoms with van der Waals surface area (Å²) in [5, 5.41) is 6.44. The van der Waals surface area contributed by atoms with Gasteiger partial charge in [-0.3, -0.25) is 14.5 Å². The van der Waals surface area contributed by atoms with Crippen molar-refractivity contribution in [1.29, 1.82) is 0 Å². The van der Waals surface area contributed by atoms with E-state index in [1.165, 1.54) is 0 Å². The third kappa shape index (κ3) is 5.31. The molecule has 1 heterocycles. The molecular weight excluding hydrogens is 362 g/mol. The molecule has 1 fully saturated rings. The number of nitrogens with zero attached hydrogens (tertiary/aromatic N) is 1. The Kier molecular flexibility index (Phi) is 6.48. The smallest absolute Gasteiger partial charge is 0.241 e. The van der Waals surface area contributed by atoms with E-state index in [9.17, 15) is 9.59 Å². The number of carbonyl (C=O) groups is 2. The third-order valence-corrected chi connectivity index (χ3v) is 5.12. The van der Waals surface area contributed by atoms with Crippen LogP contribution in [0.1, 0.15) is 19.8 Å². The van der Waals surface area contributed by atoms with E-state index in [1.807, 2.05) is 43.3 Å². The summed E-state index contributed by atoms with van der Waals surface area (Å²) in [6.45, 7) is 3.25. The number of benzene rings is 2. The van der Waals surface area contributed by atoms with Gasteiger partial charge < -0.3 is 10.6 Å². The number of nitrogens with one attached hydrogen (secondary N) is 2. The number of amides is 2. The van der Waals surface area contributed by atoms with Crippen molar-refractivity contribution in [2.75, 3.05) is 23.7 Å². The predicted molar refractivity (Wildman–Crippen MR) is 109 cm³/mol. The molecule has 0 radical (unpaired) electrons. The minimum atomic E-state index is -0.323. The largest absolute Gasteiger partial charge is 0.326 e. The zero-order valence-corrected chi connectivity index (χ0v) is 16.1. The van der Waals surface area contributed by atoms with Crippen LogP contribution < -0.4 is 10.6 Å². The number of piperidine rings is 1. The quantitative estimate of drug-likeness (QED) is 0.817. The van der Waals surface area contributed by atoms with Crippen molar-refractivity contribution in [3.63, 3.8) is 0 Å². The molecule has 27 heavy (non-hydrogen) atoms. The Morgan fingerprint density at radius 1 is 1.07 bits per heavy atom. The molecule has 3 rings (SSSR count). The highest BCUT2D eigenvalue weighted by molar-refractivity contribution is 6.30. The van der Waals surface area contributed by atoms with Crippen LogP contribution in [-0.2, 0) is 9.59 Å². The van der Waals surface area contributed by atoms with Crippen LogP contribution in [0.25, 0.3) is 0 Å². The third-order valence-electron chi connectivity index (χ3n) is 4.88. The van der Waals surface area contributed by atoms with Crippen molar-refractivity contribution < 1.29 is 9.59 Å². The molecule has 2 atom stereocenters. The lowest BCUT2D eigenvalue weighted by Crippen LogP contribution is -2.49. The van der Waals surface area contributed by atoms with Gasteiger partial charge in [0.15, 0.2) is 0 Å². The molecule has 1 aliphatic heterocycles. The fourth-order valence-electron chi connectivity index (χ4n) is 3.32. The summed E-state index contributed by atoms with van der Waals surface area (Å²) in [7, 11) is 0. The number of anilines is 2. The van der Waals surface area contributed by atoms with E-state index in [0.29, 0.717) is 17.3 Å². The van der Waals surface area contributed by atoms with E-state index in [1.54, 1.807) is 18.2 Å². The topological polar surface area (TPSA) is 61.4 Å². The number of rotatable bonds is 5. The lowest BCUT2D eigenvalue weighted by atomic mass is 9.95. The van der Waals surface area contributed by atoms with Crippen LogP contribution >= 0.6 is 11.6 Å². The van der Waals surface area contributed by atoms with Gasteiger partial charge >= 0.3 is 0 Å². The van der Waals surface area contributed by atoms with Gasteiger partial charge in [-0.1, -0.05) is 35.9 Å². The summed E-state index contributed by atoms with van der Waals surface area (Å²) in [6.07, 6.45) is 1.72. The van der Waals surface area contributed by atoms with Crippen LogP contribution in [0.15, 0.2) is 54.6 Å². The van der Waals surface area contributed by atoms with Crippen LogP contribution in [0, 0.1) is 5.92 Å². The lowest BCUT2D eigenvalue weighted by Gasteiger charge is -2.35. The van der Waals surface area contributed by atoms with Gasteiger partial charge in [0.1, 0.15) is 0 Å². The molecule has 1 aliphatic rings. The SMILES string of the molecule is C[C@@H](C(=O)Nc1cccc(Cl)c1)N1CCC[C@H](C(=O)Nc2ccccc2)C1. The molecule has 2 N–H and O–H groups in total. The first-order chi connectivity index (χ1) is 13.0. The first kappa shape index (κ1) is 19.4. The number of carbonyl (C=O) groups excluding carboxylic acids is 2. The number of hydrogen-bond donors (Lipinski definition) is 2. The summed E-state index contributed by atoms with van der Waals surface area (Å²) >= 11 is 5.97. The fraction of sp³-hybridized carbons (Fsp3) is 0.333. The van der Waals surface area contributed by atoms with Crippen LogP contribution in [0.3, 0.4) is 0 Å². The van der Waals surface area contributed by atoms with E-state index < -0.39 is 0 Å². The minimum absolute atomic E-state index is 0.00773. The van der Waals surface area contributed by atoms with E-state index >= 15 is 0 Å². The molecule has 0 spiro atoms. The summed E-state index contributed by atoms with van der Waals surface area (Å²) in [5.74, 6) is -0.213. The monoisotopic (exact) mass is 385 g/mol. The van der Waals surface area contributed by atoms with E-state index in [0.717, 1.165) is 25.1 Å². The molecule has 0 aliphatic carbocycles. The maximum Gasteiger partial charge on any atom is 0.241 e. The highest BCUT2D eigenvalue weighted by Crippen LogP contribution is 2.22. The number of hydrogen-bond acceptors (Lipinski definition) is 3. The number of halogens is 1. The predicted octanol–water partition coefficient (Wildman–Crippen LogP) is 4.02. The van der Waals surface area contributed by atoms with E-state index in [-0.39, 0.29) is 23.8 Å².